The van der Waals surface area contributed by atoms with Crippen molar-refractivity contribution in [2.45, 2.75) is 32.5 Å². The third-order valence-electron chi connectivity index (χ3n) is 6.89. The van der Waals surface area contributed by atoms with Gasteiger partial charge in [-0.15, -0.1) is 0 Å². The van der Waals surface area contributed by atoms with E-state index in [0.717, 1.165) is 64.3 Å². The van der Waals surface area contributed by atoms with Gasteiger partial charge in [0.15, 0.2) is 0 Å². The van der Waals surface area contributed by atoms with E-state index in [1.54, 1.807) is 0 Å². The number of hydrogen-bond acceptors (Lipinski definition) is 7. The van der Waals surface area contributed by atoms with E-state index in [2.05, 4.69) is 43.5 Å². The lowest BCUT2D eigenvalue weighted by Gasteiger charge is -2.30. The minimum atomic E-state index is 0.0419. The third kappa shape index (κ3) is 6.33. The van der Waals surface area contributed by atoms with E-state index in [0.29, 0.717) is 24.8 Å². The molecule has 8 nitrogen and oxygen atoms in total. The number of carbonyl (C=O) groups excluding carboxylic acids is 1. The average Bonchev–Trinajstić information content (AvgIpc) is 3.38. The van der Waals surface area contributed by atoms with Gasteiger partial charge >= 0.3 is 0 Å². The zero-order valence-electron chi connectivity index (χ0n) is 20.1. The average molecular weight is 476 g/mol. The lowest BCUT2D eigenvalue weighted by atomic mass is 9.95. The van der Waals surface area contributed by atoms with Crippen molar-refractivity contribution in [2.75, 3.05) is 39.4 Å². The van der Waals surface area contributed by atoms with E-state index < -0.39 is 0 Å². The van der Waals surface area contributed by atoms with Crippen LogP contribution < -0.4 is 5.32 Å². The zero-order valence-corrected chi connectivity index (χ0v) is 20.1. The Morgan fingerprint density at radius 3 is 2.34 bits per heavy atom. The van der Waals surface area contributed by atoms with Crippen molar-refractivity contribution >= 4 is 5.91 Å². The second-order valence-corrected chi connectivity index (χ2v) is 9.30. The van der Waals surface area contributed by atoms with Crippen molar-refractivity contribution in [1.82, 2.24) is 25.3 Å². The van der Waals surface area contributed by atoms with E-state index in [4.69, 9.17) is 9.26 Å². The summed E-state index contributed by atoms with van der Waals surface area (Å²) in [4.78, 5) is 22.1. The fourth-order valence-electron chi connectivity index (χ4n) is 4.78. The predicted molar refractivity (Wildman–Crippen MR) is 132 cm³/mol. The number of morpholine rings is 1. The normalized spacial score (nSPS) is 17.9. The van der Waals surface area contributed by atoms with Gasteiger partial charge in [-0.05, 0) is 37.1 Å². The molecule has 1 N–H and O–H groups in total. The molecule has 184 valence electrons. The van der Waals surface area contributed by atoms with Gasteiger partial charge in [-0.2, -0.15) is 4.98 Å². The highest BCUT2D eigenvalue weighted by Gasteiger charge is 2.26. The van der Waals surface area contributed by atoms with Crippen LogP contribution >= 0.6 is 0 Å². The number of nitrogens with one attached hydrogen (secondary N) is 1. The Hall–Kier alpha value is -3.07. The molecule has 3 heterocycles. The van der Waals surface area contributed by atoms with Gasteiger partial charge in [-0.1, -0.05) is 59.8 Å². The van der Waals surface area contributed by atoms with Crippen LogP contribution in [0.15, 0.2) is 59.1 Å². The van der Waals surface area contributed by atoms with Gasteiger partial charge in [0.25, 0.3) is 0 Å². The molecule has 0 unspecified atom stereocenters. The third-order valence-corrected chi connectivity index (χ3v) is 6.89. The summed E-state index contributed by atoms with van der Waals surface area (Å²) in [6.07, 6.45) is 1.67. The minimum Gasteiger partial charge on any atom is -0.379 e. The monoisotopic (exact) mass is 475 g/mol. The van der Waals surface area contributed by atoms with Crippen LogP contribution in [0.2, 0.25) is 0 Å². The number of nitrogens with zero attached hydrogens (tertiary/aromatic N) is 4. The summed E-state index contributed by atoms with van der Waals surface area (Å²) in [6, 6.07) is 18.2. The first-order chi connectivity index (χ1) is 17.2. The molecule has 0 spiro atoms. The minimum absolute atomic E-state index is 0.0419. The molecule has 0 radical (unpaired) electrons. The van der Waals surface area contributed by atoms with Gasteiger partial charge in [0, 0.05) is 37.7 Å². The van der Waals surface area contributed by atoms with Crippen LogP contribution in [0.1, 0.15) is 29.9 Å². The van der Waals surface area contributed by atoms with Gasteiger partial charge in [0.2, 0.25) is 17.6 Å². The molecule has 2 aromatic carbocycles. The molecule has 5 rings (SSSR count). The number of ether oxygens (including phenoxy) is 1. The molecule has 0 bridgehead atoms. The first-order valence-corrected chi connectivity index (χ1v) is 12.5. The van der Waals surface area contributed by atoms with Crippen molar-refractivity contribution < 1.29 is 14.1 Å². The molecule has 1 amide bonds. The van der Waals surface area contributed by atoms with E-state index in [1.165, 1.54) is 11.1 Å². The number of aromatic nitrogens is 2. The number of rotatable bonds is 8. The van der Waals surface area contributed by atoms with Gasteiger partial charge in [0.05, 0.1) is 19.8 Å². The Bertz CT molecular complexity index is 1090. The highest BCUT2D eigenvalue weighted by molar-refractivity contribution is 5.78. The van der Waals surface area contributed by atoms with E-state index in [1.807, 2.05) is 36.4 Å². The van der Waals surface area contributed by atoms with Gasteiger partial charge in [-0.3, -0.25) is 14.6 Å². The SMILES string of the molecule is O=C(NCc1ccccc1CN1CCOCC1)C1CCN(Cc2nc(-c3ccccc3)no2)CC1. The molecular formula is C27H33N5O3. The fraction of sp³-hybridized carbons (Fsp3) is 0.444. The molecule has 1 aromatic heterocycles. The first kappa shape index (κ1) is 23.7. The summed E-state index contributed by atoms with van der Waals surface area (Å²) in [5.41, 5.74) is 3.42. The summed E-state index contributed by atoms with van der Waals surface area (Å²) in [5, 5.41) is 7.30. The van der Waals surface area contributed by atoms with Crippen molar-refractivity contribution in [3.05, 3.63) is 71.6 Å². The van der Waals surface area contributed by atoms with E-state index in [9.17, 15) is 4.79 Å². The lowest BCUT2D eigenvalue weighted by molar-refractivity contribution is -0.126. The van der Waals surface area contributed by atoms with Crippen molar-refractivity contribution in [3.63, 3.8) is 0 Å². The summed E-state index contributed by atoms with van der Waals surface area (Å²) < 4.78 is 10.9. The summed E-state index contributed by atoms with van der Waals surface area (Å²) >= 11 is 0. The van der Waals surface area contributed by atoms with E-state index in [-0.39, 0.29) is 11.8 Å². The first-order valence-electron chi connectivity index (χ1n) is 12.5. The number of amides is 1. The number of benzene rings is 2. The molecule has 0 aliphatic carbocycles. The molecule has 3 aromatic rings. The van der Waals surface area contributed by atoms with Crippen molar-refractivity contribution in [3.8, 4) is 11.4 Å². The van der Waals surface area contributed by atoms with Crippen LogP contribution in [0.3, 0.4) is 0 Å². The Morgan fingerprint density at radius 2 is 1.57 bits per heavy atom. The predicted octanol–water partition coefficient (Wildman–Crippen LogP) is 3.10. The molecule has 35 heavy (non-hydrogen) atoms. The highest BCUT2D eigenvalue weighted by atomic mass is 16.5. The number of hydrogen-bond donors (Lipinski definition) is 1. The van der Waals surface area contributed by atoms with Crippen LogP contribution in [-0.4, -0.2) is 65.2 Å². The summed E-state index contributed by atoms with van der Waals surface area (Å²) in [7, 11) is 0. The maximum Gasteiger partial charge on any atom is 0.241 e. The fourth-order valence-corrected chi connectivity index (χ4v) is 4.78. The molecule has 8 heteroatoms. The largest absolute Gasteiger partial charge is 0.379 e. The zero-order chi connectivity index (χ0) is 23.9. The van der Waals surface area contributed by atoms with Crippen LogP contribution in [0.5, 0.6) is 0 Å². The smallest absolute Gasteiger partial charge is 0.241 e. The Morgan fingerprint density at radius 1 is 0.886 bits per heavy atom. The Kier molecular flexibility index (Phi) is 7.82. The van der Waals surface area contributed by atoms with Crippen LogP contribution in [-0.2, 0) is 29.2 Å². The second kappa shape index (κ2) is 11.6. The Labute approximate surface area is 206 Å². The van der Waals surface area contributed by atoms with Crippen LogP contribution in [0.4, 0.5) is 0 Å². The number of carbonyl (C=O) groups is 1. The summed E-state index contributed by atoms with van der Waals surface area (Å²) in [6.45, 7) is 7.26. The van der Waals surface area contributed by atoms with Gasteiger partial charge < -0.3 is 14.6 Å². The maximum absolute atomic E-state index is 12.9. The molecule has 2 saturated heterocycles. The second-order valence-electron chi connectivity index (χ2n) is 9.30. The molecular weight excluding hydrogens is 442 g/mol. The van der Waals surface area contributed by atoms with Crippen molar-refractivity contribution in [2.24, 2.45) is 5.92 Å². The van der Waals surface area contributed by atoms with Crippen molar-refractivity contribution in [1.29, 1.82) is 0 Å². The summed E-state index contributed by atoms with van der Waals surface area (Å²) in [5.74, 6) is 1.42. The van der Waals surface area contributed by atoms with E-state index >= 15 is 0 Å². The standard InChI is InChI=1S/C27H33N5O3/c33-27(28-18-23-8-4-5-9-24(23)19-32-14-16-34-17-15-32)22-10-12-31(13-11-22)20-25-29-26(30-35-25)21-6-2-1-3-7-21/h1-9,22H,10-20H2,(H,28,33). The van der Waals surface area contributed by atoms with Crippen LogP contribution in [0, 0.1) is 5.92 Å². The number of likely N-dealkylation sites (tertiary alicyclic amines) is 1. The number of piperidine rings is 1. The van der Waals surface area contributed by atoms with Crippen LogP contribution in [0.25, 0.3) is 11.4 Å². The molecule has 0 atom stereocenters. The topological polar surface area (TPSA) is 83.7 Å². The highest BCUT2D eigenvalue weighted by Crippen LogP contribution is 2.21. The maximum atomic E-state index is 12.9. The Balaban J connectivity index is 1.08. The molecule has 2 aliphatic rings. The molecule has 2 aliphatic heterocycles. The lowest BCUT2D eigenvalue weighted by Crippen LogP contribution is -2.40. The molecule has 0 saturated carbocycles. The molecule has 2 fully saturated rings. The van der Waals surface area contributed by atoms with Gasteiger partial charge in [-0.25, -0.2) is 0 Å². The quantitative estimate of drug-likeness (QED) is 0.536. The van der Waals surface area contributed by atoms with Gasteiger partial charge in [0.1, 0.15) is 0 Å².